The number of carbonyl (C=O) groups excluding carboxylic acids is 2. The largest absolute Gasteiger partial charge is 0.493 e. The Morgan fingerprint density at radius 1 is 1.00 bits per heavy atom. The van der Waals surface area contributed by atoms with Crippen LogP contribution in [0.4, 0.5) is 10.1 Å². The van der Waals surface area contributed by atoms with E-state index in [2.05, 4.69) is 15.6 Å². The zero-order valence-electron chi connectivity index (χ0n) is 22.5. The molecule has 40 heavy (non-hydrogen) atoms. The van der Waals surface area contributed by atoms with E-state index in [9.17, 15) is 14.0 Å². The zero-order chi connectivity index (χ0) is 28.1. The Balaban J connectivity index is 1.60. The highest BCUT2D eigenvalue weighted by Crippen LogP contribution is 2.36. The molecule has 1 aliphatic carbocycles. The Labute approximate surface area is 231 Å². The molecule has 10 heteroatoms. The van der Waals surface area contributed by atoms with Gasteiger partial charge in [-0.25, -0.2) is 9.07 Å². The van der Waals surface area contributed by atoms with E-state index in [-0.39, 0.29) is 18.5 Å². The highest BCUT2D eigenvalue weighted by atomic mass is 19.1. The van der Waals surface area contributed by atoms with E-state index in [4.69, 9.17) is 9.47 Å². The van der Waals surface area contributed by atoms with Crippen molar-refractivity contribution < 1.29 is 23.5 Å². The van der Waals surface area contributed by atoms with Crippen molar-refractivity contribution in [1.82, 2.24) is 20.3 Å². The minimum absolute atomic E-state index is 0.00538. The molecule has 4 aromatic rings. The summed E-state index contributed by atoms with van der Waals surface area (Å²) in [5.41, 5.74) is 2.23. The van der Waals surface area contributed by atoms with E-state index in [1.807, 2.05) is 24.3 Å². The maximum Gasteiger partial charge on any atom is 0.249 e. The van der Waals surface area contributed by atoms with E-state index >= 15 is 0 Å². The number of rotatable bonds is 9. The predicted molar refractivity (Wildman–Crippen MR) is 149 cm³/mol. The van der Waals surface area contributed by atoms with Crippen LogP contribution in [0.3, 0.4) is 0 Å². The molecule has 0 radical (unpaired) electrons. The summed E-state index contributed by atoms with van der Waals surface area (Å²) in [7, 11) is 3.03. The maximum atomic E-state index is 14.2. The molecule has 1 aliphatic rings. The molecular weight excluding hydrogens is 513 g/mol. The number of benzene rings is 3. The first-order valence-electron chi connectivity index (χ1n) is 13.4. The van der Waals surface area contributed by atoms with Crippen molar-refractivity contribution in [3.63, 3.8) is 0 Å². The number of fused-ring (bicyclic) bond motifs is 1. The smallest absolute Gasteiger partial charge is 0.249 e. The standard InChI is InChI=1S/C30H32FN5O4/c1-39-26-17-16-23(18-27(26)40-2)36(28(37)19-35-25-11-7-6-10-24(25)33-34-35)29(20-12-14-21(31)15-13-20)30(38)32-22-8-4-3-5-9-22/h6-7,10-18,22,29H,3-5,8-9,19H2,1-2H3,(H,32,38)/t29-/m1/s1. The number of halogens is 1. The second kappa shape index (κ2) is 12.1. The molecule has 9 nitrogen and oxygen atoms in total. The molecule has 1 N–H and O–H groups in total. The number of hydrogen-bond acceptors (Lipinski definition) is 6. The van der Waals surface area contributed by atoms with Gasteiger partial charge in [0.05, 0.1) is 19.7 Å². The van der Waals surface area contributed by atoms with E-state index < -0.39 is 17.8 Å². The van der Waals surface area contributed by atoms with Gasteiger partial charge in [-0.3, -0.25) is 14.5 Å². The van der Waals surface area contributed by atoms with Gasteiger partial charge in [-0.1, -0.05) is 48.7 Å². The Morgan fingerprint density at radius 2 is 1.73 bits per heavy atom. The van der Waals surface area contributed by atoms with E-state index in [1.165, 1.54) is 48.1 Å². The van der Waals surface area contributed by atoms with Crippen LogP contribution >= 0.6 is 0 Å². The molecule has 5 rings (SSSR count). The third kappa shape index (κ3) is 5.75. The Bertz CT molecular complexity index is 1480. The number of nitrogens with zero attached hydrogens (tertiary/aromatic N) is 4. The van der Waals surface area contributed by atoms with Crippen LogP contribution in [0, 0.1) is 5.82 Å². The van der Waals surface area contributed by atoms with Gasteiger partial charge >= 0.3 is 0 Å². The molecule has 0 aliphatic heterocycles. The highest BCUT2D eigenvalue weighted by molar-refractivity contribution is 6.02. The predicted octanol–water partition coefficient (Wildman–Crippen LogP) is 4.81. The number of methoxy groups -OCH3 is 2. The first kappa shape index (κ1) is 27.1. The molecule has 1 aromatic heterocycles. The molecule has 0 spiro atoms. The first-order valence-corrected chi connectivity index (χ1v) is 13.4. The summed E-state index contributed by atoms with van der Waals surface area (Å²) in [6, 6.07) is 16.9. The van der Waals surface area contributed by atoms with Gasteiger partial charge in [0, 0.05) is 17.8 Å². The van der Waals surface area contributed by atoms with Gasteiger partial charge in [0.1, 0.15) is 23.9 Å². The molecule has 2 amide bonds. The van der Waals surface area contributed by atoms with Gasteiger partial charge in [-0.15, -0.1) is 5.10 Å². The number of ether oxygens (including phenoxy) is 2. The van der Waals surface area contributed by atoms with Crippen LogP contribution in [0.5, 0.6) is 11.5 Å². The molecule has 1 saturated carbocycles. The third-order valence-corrected chi connectivity index (χ3v) is 7.26. The molecule has 0 unspecified atom stereocenters. The molecule has 208 valence electrons. The van der Waals surface area contributed by atoms with Crippen LogP contribution in [-0.2, 0) is 16.1 Å². The van der Waals surface area contributed by atoms with Gasteiger partial charge < -0.3 is 14.8 Å². The van der Waals surface area contributed by atoms with Gasteiger partial charge in [-0.2, -0.15) is 0 Å². The lowest BCUT2D eigenvalue weighted by Gasteiger charge is -2.33. The molecule has 1 heterocycles. The van der Waals surface area contributed by atoms with Crippen LogP contribution in [-0.4, -0.2) is 47.1 Å². The average molecular weight is 546 g/mol. The van der Waals surface area contributed by atoms with Crippen molar-refractivity contribution in [2.75, 3.05) is 19.1 Å². The van der Waals surface area contributed by atoms with Crippen molar-refractivity contribution in [2.24, 2.45) is 0 Å². The fraction of sp³-hybridized carbons (Fsp3) is 0.333. The van der Waals surface area contributed by atoms with E-state index in [1.54, 1.807) is 18.2 Å². The normalized spacial score (nSPS) is 14.5. The summed E-state index contributed by atoms with van der Waals surface area (Å²) in [6.45, 7) is -0.177. The molecule has 3 aromatic carbocycles. The second-order valence-corrected chi connectivity index (χ2v) is 9.84. The monoisotopic (exact) mass is 545 g/mol. The molecule has 0 saturated heterocycles. The van der Waals surface area contributed by atoms with Crippen LogP contribution in [0.25, 0.3) is 11.0 Å². The second-order valence-electron chi connectivity index (χ2n) is 9.84. The molecular formula is C30H32FN5O4. The minimum atomic E-state index is -1.08. The summed E-state index contributed by atoms with van der Waals surface area (Å²) < 4.78 is 26.4. The van der Waals surface area contributed by atoms with E-state index in [0.29, 0.717) is 33.8 Å². The number of para-hydroxylation sites is 1. The zero-order valence-corrected chi connectivity index (χ0v) is 22.5. The lowest BCUT2D eigenvalue weighted by molar-refractivity contribution is -0.127. The lowest BCUT2D eigenvalue weighted by Crippen LogP contribution is -2.48. The van der Waals surface area contributed by atoms with Crippen molar-refractivity contribution in [3.8, 4) is 11.5 Å². The number of amides is 2. The molecule has 1 atom stereocenters. The summed E-state index contributed by atoms with van der Waals surface area (Å²) in [6.07, 6.45) is 4.94. The summed E-state index contributed by atoms with van der Waals surface area (Å²) in [5, 5.41) is 11.5. The molecule has 0 bridgehead atoms. The number of aromatic nitrogens is 3. The third-order valence-electron chi connectivity index (χ3n) is 7.26. The quantitative estimate of drug-likeness (QED) is 0.324. The van der Waals surface area contributed by atoms with Gasteiger partial charge in [0.2, 0.25) is 11.8 Å². The van der Waals surface area contributed by atoms with Crippen LogP contribution in [0.1, 0.15) is 43.7 Å². The van der Waals surface area contributed by atoms with Gasteiger partial charge in [0.15, 0.2) is 11.5 Å². The number of nitrogens with one attached hydrogen (secondary N) is 1. The van der Waals surface area contributed by atoms with Crippen molar-refractivity contribution in [2.45, 2.75) is 50.7 Å². The van der Waals surface area contributed by atoms with Crippen LogP contribution in [0.2, 0.25) is 0 Å². The van der Waals surface area contributed by atoms with Crippen molar-refractivity contribution >= 4 is 28.5 Å². The van der Waals surface area contributed by atoms with Crippen molar-refractivity contribution in [3.05, 3.63) is 78.1 Å². The topological polar surface area (TPSA) is 98.6 Å². The molecule has 1 fully saturated rings. The van der Waals surface area contributed by atoms with Crippen LogP contribution < -0.4 is 19.7 Å². The fourth-order valence-corrected chi connectivity index (χ4v) is 5.24. The number of carbonyl (C=O) groups is 2. The Hall–Kier alpha value is -4.47. The SMILES string of the molecule is COc1ccc(N(C(=O)Cn2nnc3ccccc32)[C@@H](C(=O)NC2CCCCC2)c2ccc(F)cc2)cc1OC. The van der Waals surface area contributed by atoms with Crippen LogP contribution in [0.15, 0.2) is 66.7 Å². The van der Waals surface area contributed by atoms with E-state index in [0.717, 1.165) is 32.1 Å². The number of hydrogen-bond donors (Lipinski definition) is 1. The lowest BCUT2D eigenvalue weighted by atomic mass is 9.94. The number of anilines is 1. The first-order chi connectivity index (χ1) is 19.5. The highest BCUT2D eigenvalue weighted by Gasteiger charge is 2.35. The maximum absolute atomic E-state index is 14.2. The summed E-state index contributed by atoms with van der Waals surface area (Å²) in [4.78, 5) is 29.6. The fourth-order valence-electron chi connectivity index (χ4n) is 5.24. The van der Waals surface area contributed by atoms with Gasteiger partial charge in [0.25, 0.3) is 0 Å². The average Bonchev–Trinajstić information content (AvgIpc) is 3.39. The summed E-state index contributed by atoms with van der Waals surface area (Å²) >= 11 is 0. The van der Waals surface area contributed by atoms with Crippen molar-refractivity contribution in [1.29, 1.82) is 0 Å². The Morgan fingerprint density at radius 3 is 2.45 bits per heavy atom. The Kier molecular flexibility index (Phi) is 8.23. The minimum Gasteiger partial charge on any atom is -0.493 e. The van der Waals surface area contributed by atoms with Gasteiger partial charge in [-0.05, 0) is 54.8 Å². The summed E-state index contributed by atoms with van der Waals surface area (Å²) in [5.74, 6) is -0.310.